The van der Waals surface area contributed by atoms with Gasteiger partial charge in [-0.15, -0.1) is 0 Å². The van der Waals surface area contributed by atoms with E-state index < -0.39 is 10.0 Å². The summed E-state index contributed by atoms with van der Waals surface area (Å²) in [7, 11) is -3.51. The molecule has 8 heteroatoms. The number of benzene rings is 1. The van der Waals surface area contributed by atoms with Crippen LogP contribution in [-0.2, 0) is 19.6 Å². The lowest BCUT2D eigenvalue weighted by Gasteiger charge is -2.28. The van der Waals surface area contributed by atoms with Crippen molar-refractivity contribution < 1.29 is 23.3 Å². The number of carbonyl (C=O) groups is 1. The first-order valence-corrected chi connectivity index (χ1v) is 11.7. The summed E-state index contributed by atoms with van der Waals surface area (Å²) in [6, 6.07) is 6.73. The Bertz CT molecular complexity index is 760. The molecule has 7 nitrogen and oxygen atoms in total. The molecule has 3 atom stereocenters. The van der Waals surface area contributed by atoms with Gasteiger partial charge in [0.05, 0.1) is 24.2 Å². The molecule has 1 saturated heterocycles. The van der Waals surface area contributed by atoms with Crippen molar-refractivity contribution in [3.8, 4) is 0 Å². The van der Waals surface area contributed by atoms with Crippen LogP contribution in [0, 0.1) is 5.92 Å². The number of anilines is 1. The molecule has 2 aliphatic rings. The van der Waals surface area contributed by atoms with Gasteiger partial charge in [-0.25, -0.2) is 8.42 Å². The number of morpholine rings is 1. The highest BCUT2D eigenvalue weighted by atomic mass is 32.2. The van der Waals surface area contributed by atoms with E-state index in [9.17, 15) is 13.2 Å². The number of carbonyl (C=O) groups excluding carboxylic acids is 1. The van der Waals surface area contributed by atoms with Gasteiger partial charge in [-0.2, -0.15) is 4.31 Å². The van der Waals surface area contributed by atoms with E-state index in [0.717, 1.165) is 6.42 Å². The fourth-order valence-electron chi connectivity index (χ4n) is 3.99. The van der Waals surface area contributed by atoms with Gasteiger partial charge in [0.15, 0.2) is 6.04 Å². The fourth-order valence-corrected chi connectivity index (χ4v) is 5.40. The molecule has 1 aromatic rings. The number of hydrogen-bond acceptors (Lipinski definition) is 4. The molecule has 1 aliphatic heterocycles. The molecule has 0 unspecified atom stereocenters. The van der Waals surface area contributed by atoms with Crippen LogP contribution < -0.4 is 10.6 Å². The molecule has 156 valence electrons. The highest BCUT2D eigenvalue weighted by molar-refractivity contribution is 7.89. The van der Waals surface area contributed by atoms with Crippen LogP contribution in [0.5, 0.6) is 0 Å². The number of ether oxygens (including phenoxy) is 1. The molecule has 1 saturated carbocycles. The molecule has 28 heavy (non-hydrogen) atoms. The van der Waals surface area contributed by atoms with Gasteiger partial charge in [-0.05, 0) is 50.5 Å². The lowest BCUT2D eigenvalue weighted by atomic mass is 9.85. The Kier molecular flexibility index (Phi) is 7.09. The van der Waals surface area contributed by atoms with Gasteiger partial charge in [0.2, 0.25) is 10.0 Å². The standard InChI is InChI=1S/C20H31N3O4S/c1-15-5-3-4-6-19(15)21-16(2)20(24)22-17-7-9-18(10-8-17)28(25,26)23-11-13-27-14-12-23/h7-10,15-16,19,21H,3-6,11-14H2,1-2H3,(H,22,24)/p+1/t15-,16-,19-/m0/s1. The molecule has 3 N–H and O–H groups in total. The fraction of sp³-hybridized carbons (Fsp3) is 0.650. The van der Waals surface area contributed by atoms with Crippen molar-refractivity contribution >= 4 is 21.6 Å². The zero-order chi connectivity index (χ0) is 20.1. The topological polar surface area (TPSA) is 92.3 Å². The minimum Gasteiger partial charge on any atom is -0.379 e. The average molecular weight is 411 g/mol. The van der Waals surface area contributed by atoms with E-state index in [2.05, 4.69) is 17.6 Å². The van der Waals surface area contributed by atoms with E-state index in [1.165, 1.54) is 23.6 Å². The number of amides is 1. The molecule has 3 rings (SSSR count). The molecule has 1 amide bonds. The van der Waals surface area contributed by atoms with Crippen molar-refractivity contribution in [2.75, 3.05) is 31.6 Å². The van der Waals surface area contributed by atoms with E-state index in [1.54, 1.807) is 24.3 Å². The van der Waals surface area contributed by atoms with Crippen molar-refractivity contribution in [1.82, 2.24) is 4.31 Å². The highest BCUT2D eigenvalue weighted by Gasteiger charge is 2.29. The Morgan fingerprint density at radius 2 is 1.82 bits per heavy atom. The van der Waals surface area contributed by atoms with Crippen molar-refractivity contribution in [2.45, 2.75) is 56.5 Å². The third-order valence-corrected chi connectivity index (χ3v) is 7.77. The second kappa shape index (κ2) is 9.35. The summed E-state index contributed by atoms with van der Waals surface area (Å²) >= 11 is 0. The summed E-state index contributed by atoms with van der Waals surface area (Å²) < 4.78 is 32.0. The van der Waals surface area contributed by atoms with Crippen LogP contribution in [-0.4, -0.2) is 57.0 Å². The van der Waals surface area contributed by atoms with E-state index in [-0.39, 0.29) is 16.8 Å². The third kappa shape index (κ3) is 5.11. The van der Waals surface area contributed by atoms with E-state index in [1.807, 2.05) is 6.92 Å². The zero-order valence-electron chi connectivity index (χ0n) is 16.8. The number of sulfonamides is 1. The number of nitrogens with two attached hydrogens (primary N) is 1. The quantitative estimate of drug-likeness (QED) is 0.737. The van der Waals surface area contributed by atoms with Gasteiger partial charge in [0.1, 0.15) is 0 Å². The van der Waals surface area contributed by atoms with Crippen molar-refractivity contribution in [1.29, 1.82) is 0 Å². The molecular formula is C20H32N3O4S+. The van der Waals surface area contributed by atoms with E-state index >= 15 is 0 Å². The van der Waals surface area contributed by atoms with Crippen molar-refractivity contribution in [2.24, 2.45) is 5.92 Å². The van der Waals surface area contributed by atoms with E-state index in [0.29, 0.717) is 44.0 Å². The second-order valence-electron chi connectivity index (χ2n) is 7.94. The van der Waals surface area contributed by atoms with Crippen LogP contribution >= 0.6 is 0 Å². The summed E-state index contributed by atoms with van der Waals surface area (Å²) in [4.78, 5) is 12.8. The summed E-state index contributed by atoms with van der Waals surface area (Å²) in [6.45, 7) is 5.76. The maximum Gasteiger partial charge on any atom is 0.282 e. The predicted octanol–water partition coefficient (Wildman–Crippen LogP) is 1.18. The molecule has 0 radical (unpaired) electrons. The minimum atomic E-state index is -3.51. The lowest BCUT2D eigenvalue weighted by molar-refractivity contribution is -0.714. The molecular weight excluding hydrogens is 378 g/mol. The van der Waals surface area contributed by atoms with Crippen LogP contribution in [0.1, 0.15) is 39.5 Å². The monoisotopic (exact) mass is 410 g/mol. The second-order valence-corrected chi connectivity index (χ2v) is 9.87. The molecule has 2 fully saturated rings. The van der Waals surface area contributed by atoms with E-state index in [4.69, 9.17) is 4.74 Å². The Morgan fingerprint density at radius 3 is 2.46 bits per heavy atom. The molecule has 0 bridgehead atoms. The normalized spacial score (nSPS) is 25.2. The van der Waals surface area contributed by atoms with Gasteiger partial charge < -0.3 is 15.4 Å². The summed E-state index contributed by atoms with van der Waals surface area (Å²) in [5, 5.41) is 5.08. The van der Waals surface area contributed by atoms with Crippen LogP contribution in [0.15, 0.2) is 29.2 Å². The lowest BCUT2D eigenvalue weighted by Crippen LogP contribution is -2.97. The summed E-state index contributed by atoms with van der Waals surface area (Å²) in [6.07, 6.45) is 4.91. The average Bonchev–Trinajstić information content (AvgIpc) is 2.70. The van der Waals surface area contributed by atoms with Gasteiger partial charge in [0, 0.05) is 24.7 Å². The Morgan fingerprint density at radius 1 is 1.18 bits per heavy atom. The summed E-state index contributed by atoms with van der Waals surface area (Å²) in [5.41, 5.74) is 0.614. The number of nitrogens with zero attached hydrogens (tertiary/aromatic N) is 1. The summed E-state index contributed by atoms with van der Waals surface area (Å²) in [5.74, 6) is 0.579. The maximum absolute atomic E-state index is 12.7. The Balaban J connectivity index is 1.58. The molecule has 1 heterocycles. The van der Waals surface area contributed by atoms with Crippen molar-refractivity contribution in [3.63, 3.8) is 0 Å². The SMILES string of the molecule is C[C@H]([NH2+][C@H]1CCCC[C@@H]1C)C(=O)Nc1ccc(S(=O)(=O)N2CCOCC2)cc1. The van der Waals surface area contributed by atoms with Crippen LogP contribution in [0.25, 0.3) is 0 Å². The first-order chi connectivity index (χ1) is 13.4. The van der Waals surface area contributed by atoms with Gasteiger partial charge in [-0.1, -0.05) is 13.3 Å². The first kappa shape index (κ1) is 21.2. The Hall–Kier alpha value is -1.48. The van der Waals surface area contributed by atoms with Gasteiger partial charge in [0.25, 0.3) is 5.91 Å². The van der Waals surface area contributed by atoms with Gasteiger partial charge >= 0.3 is 0 Å². The van der Waals surface area contributed by atoms with Crippen molar-refractivity contribution in [3.05, 3.63) is 24.3 Å². The van der Waals surface area contributed by atoms with Crippen LogP contribution in [0.3, 0.4) is 0 Å². The Labute approximate surface area is 167 Å². The number of hydrogen-bond donors (Lipinski definition) is 2. The van der Waals surface area contributed by atoms with Crippen LogP contribution in [0.4, 0.5) is 5.69 Å². The highest BCUT2D eigenvalue weighted by Crippen LogP contribution is 2.22. The molecule has 0 spiro atoms. The molecule has 1 aromatic carbocycles. The smallest absolute Gasteiger partial charge is 0.282 e. The number of nitrogens with one attached hydrogen (secondary N) is 1. The third-order valence-electron chi connectivity index (χ3n) is 5.86. The zero-order valence-corrected chi connectivity index (χ0v) is 17.6. The largest absolute Gasteiger partial charge is 0.379 e. The number of rotatable bonds is 6. The molecule has 0 aromatic heterocycles. The first-order valence-electron chi connectivity index (χ1n) is 10.2. The predicted molar refractivity (Wildman–Crippen MR) is 107 cm³/mol. The van der Waals surface area contributed by atoms with Crippen LogP contribution in [0.2, 0.25) is 0 Å². The molecule has 1 aliphatic carbocycles. The number of quaternary nitrogens is 1. The van der Waals surface area contributed by atoms with Gasteiger partial charge in [-0.3, -0.25) is 4.79 Å². The minimum absolute atomic E-state index is 0.0541. The maximum atomic E-state index is 12.7.